The van der Waals surface area contributed by atoms with Gasteiger partial charge in [0.25, 0.3) is 5.91 Å². The molecule has 0 aliphatic heterocycles. The zero-order chi connectivity index (χ0) is 14.8. The van der Waals surface area contributed by atoms with E-state index in [1.807, 2.05) is 12.1 Å². The molecule has 1 amide bonds. The van der Waals surface area contributed by atoms with Crippen molar-refractivity contribution in [2.24, 2.45) is 0 Å². The topological polar surface area (TPSA) is 80.9 Å². The lowest BCUT2D eigenvalue weighted by Gasteiger charge is -2.09. The molecule has 0 spiro atoms. The van der Waals surface area contributed by atoms with Gasteiger partial charge in [-0.15, -0.1) is 0 Å². The molecule has 104 valence electrons. The van der Waals surface area contributed by atoms with E-state index >= 15 is 0 Å². The molecule has 0 radical (unpaired) electrons. The van der Waals surface area contributed by atoms with Gasteiger partial charge in [-0.1, -0.05) is 12.1 Å². The molecule has 0 fully saturated rings. The molecular weight excluding hydrogens is 271 g/mol. The Balaban J connectivity index is 1.99. The number of halogens is 1. The molecule has 3 N–H and O–H groups in total. The van der Waals surface area contributed by atoms with E-state index in [-0.39, 0.29) is 11.4 Å². The Labute approximate surface area is 119 Å². The number of carbonyl (C=O) groups excluding carboxylic acids is 1. The standard InChI is InChI=1S/C15H11FN4O/c16-13-10(5-7-19-14(13)17)15(21)20-12-3-1-2-9-4-6-18-8-11(9)12/h1-8H,(H2,17,19)(H,20,21). The van der Waals surface area contributed by atoms with Gasteiger partial charge in [-0.2, -0.15) is 0 Å². The van der Waals surface area contributed by atoms with Gasteiger partial charge in [0.1, 0.15) is 0 Å². The fourth-order valence-corrected chi connectivity index (χ4v) is 2.05. The van der Waals surface area contributed by atoms with E-state index < -0.39 is 11.7 Å². The van der Waals surface area contributed by atoms with E-state index in [9.17, 15) is 9.18 Å². The summed E-state index contributed by atoms with van der Waals surface area (Å²) in [4.78, 5) is 19.8. The molecule has 3 aromatic rings. The van der Waals surface area contributed by atoms with Gasteiger partial charge in [0.15, 0.2) is 11.6 Å². The fraction of sp³-hybridized carbons (Fsp3) is 0. The van der Waals surface area contributed by atoms with Crippen LogP contribution in [0, 0.1) is 5.82 Å². The number of nitrogen functional groups attached to an aromatic ring is 1. The number of rotatable bonds is 2. The van der Waals surface area contributed by atoms with Crippen LogP contribution in [-0.4, -0.2) is 15.9 Å². The Bertz CT molecular complexity index is 830. The van der Waals surface area contributed by atoms with E-state index in [0.717, 1.165) is 10.8 Å². The molecule has 0 aliphatic rings. The van der Waals surface area contributed by atoms with Gasteiger partial charge in [0.05, 0.1) is 11.3 Å². The third kappa shape index (κ3) is 2.38. The largest absolute Gasteiger partial charge is 0.381 e. The number of amides is 1. The van der Waals surface area contributed by atoms with E-state index in [0.29, 0.717) is 5.69 Å². The number of nitrogens with two attached hydrogens (primary N) is 1. The molecule has 3 rings (SSSR count). The molecule has 0 saturated carbocycles. The van der Waals surface area contributed by atoms with Gasteiger partial charge in [-0.25, -0.2) is 9.37 Å². The number of nitrogens with zero attached hydrogens (tertiary/aromatic N) is 2. The Hall–Kier alpha value is -3.02. The first kappa shape index (κ1) is 13.0. The minimum absolute atomic E-state index is 0.150. The number of carbonyl (C=O) groups is 1. The van der Waals surface area contributed by atoms with Gasteiger partial charge in [-0.05, 0) is 23.6 Å². The van der Waals surface area contributed by atoms with Crippen LogP contribution in [0.3, 0.4) is 0 Å². The maximum atomic E-state index is 13.8. The Morgan fingerprint density at radius 2 is 2.05 bits per heavy atom. The Morgan fingerprint density at radius 3 is 2.90 bits per heavy atom. The lowest BCUT2D eigenvalue weighted by molar-refractivity contribution is 0.102. The molecule has 0 bridgehead atoms. The van der Waals surface area contributed by atoms with Gasteiger partial charge >= 0.3 is 0 Å². The van der Waals surface area contributed by atoms with Crippen LogP contribution >= 0.6 is 0 Å². The third-order valence-electron chi connectivity index (χ3n) is 3.09. The van der Waals surface area contributed by atoms with Crippen molar-refractivity contribution in [3.05, 3.63) is 60.3 Å². The monoisotopic (exact) mass is 282 g/mol. The van der Waals surface area contributed by atoms with E-state index in [4.69, 9.17) is 5.73 Å². The van der Waals surface area contributed by atoms with Crippen molar-refractivity contribution in [1.29, 1.82) is 0 Å². The predicted octanol–water partition coefficient (Wildman–Crippen LogP) is 2.60. The fourth-order valence-electron chi connectivity index (χ4n) is 2.05. The first-order chi connectivity index (χ1) is 10.2. The first-order valence-electron chi connectivity index (χ1n) is 6.21. The summed E-state index contributed by atoms with van der Waals surface area (Å²) >= 11 is 0. The summed E-state index contributed by atoms with van der Waals surface area (Å²) in [5.41, 5.74) is 5.77. The van der Waals surface area contributed by atoms with Crippen LogP contribution in [0.5, 0.6) is 0 Å². The number of fused-ring (bicyclic) bond motifs is 1. The summed E-state index contributed by atoms with van der Waals surface area (Å²) in [6, 6.07) is 8.54. The molecule has 6 heteroatoms. The summed E-state index contributed by atoms with van der Waals surface area (Å²) in [5.74, 6) is -1.71. The van der Waals surface area contributed by atoms with Crippen molar-refractivity contribution in [3.8, 4) is 0 Å². The van der Waals surface area contributed by atoms with Crippen molar-refractivity contribution >= 4 is 28.2 Å². The summed E-state index contributed by atoms with van der Waals surface area (Å²) in [6.45, 7) is 0. The molecular formula is C15H11FN4O. The first-order valence-corrected chi connectivity index (χ1v) is 6.21. The maximum absolute atomic E-state index is 13.8. The van der Waals surface area contributed by atoms with Crippen LogP contribution in [0.2, 0.25) is 0 Å². The van der Waals surface area contributed by atoms with Crippen molar-refractivity contribution in [1.82, 2.24) is 9.97 Å². The van der Waals surface area contributed by atoms with Gasteiger partial charge in [-0.3, -0.25) is 9.78 Å². The van der Waals surface area contributed by atoms with Crippen molar-refractivity contribution < 1.29 is 9.18 Å². The average Bonchev–Trinajstić information content (AvgIpc) is 2.50. The predicted molar refractivity (Wildman–Crippen MR) is 78.3 cm³/mol. The SMILES string of the molecule is Nc1nccc(C(=O)Nc2cccc3ccncc23)c1F. The van der Waals surface area contributed by atoms with Crippen molar-refractivity contribution in [2.75, 3.05) is 11.1 Å². The summed E-state index contributed by atoms with van der Waals surface area (Å²) < 4.78 is 13.8. The van der Waals surface area contributed by atoms with Crippen molar-refractivity contribution in [3.63, 3.8) is 0 Å². The summed E-state index contributed by atoms with van der Waals surface area (Å²) in [7, 11) is 0. The highest BCUT2D eigenvalue weighted by Gasteiger charge is 2.15. The number of anilines is 2. The van der Waals surface area contributed by atoms with Crippen LogP contribution in [-0.2, 0) is 0 Å². The second-order valence-corrected chi connectivity index (χ2v) is 4.41. The molecule has 0 saturated heterocycles. The van der Waals surface area contributed by atoms with E-state index in [1.54, 1.807) is 24.5 Å². The van der Waals surface area contributed by atoms with Gasteiger partial charge in [0, 0.05) is 24.0 Å². The molecule has 2 heterocycles. The highest BCUT2D eigenvalue weighted by molar-refractivity contribution is 6.09. The van der Waals surface area contributed by atoms with E-state index in [1.165, 1.54) is 12.3 Å². The minimum Gasteiger partial charge on any atom is -0.381 e. The second-order valence-electron chi connectivity index (χ2n) is 4.41. The Morgan fingerprint density at radius 1 is 1.19 bits per heavy atom. The number of aromatic nitrogens is 2. The number of pyridine rings is 2. The zero-order valence-corrected chi connectivity index (χ0v) is 10.9. The molecule has 21 heavy (non-hydrogen) atoms. The highest BCUT2D eigenvalue weighted by atomic mass is 19.1. The van der Waals surface area contributed by atoms with Crippen LogP contribution in [0.15, 0.2) is 48.9 Å². The lowest BCUT2D eigenvalue weighted by atomic mass is 10.1. The molecule has 0 atom stereocenters. The van der Waals surface area contributed by atoms with Crippen molar-refractivity contribution in [2.45, 2.75) is 0 Å². The zero-order valence-electron chi connectivity index (χ0n) is 10.9. The lowest BCUT2D eigenvalue weighted by Crippen LogP contribution is -2.15. The average molecular weight is 282 g/mol. The van der Waals surface area contributed by atoms with Crippen LogP contribution in [0.25, 0.3) is 10.8 Å². The number of benzene rings is 1. The van der Waals surface area contributed by atoms with Crippen LogP contribution in [0.4, 0.5) is 15.9 Å². The highest BCUT2D eigenvalue weighted by Crippen LogP contribution is 2.23. The minimum atomic E-state index is -0.826. The number of hydrogen-bond donors (Lipinski definition) is 2. The molecule has 2 aromatic heterocycles. The summed E-state index contributed by atoms with van der Waals surface area (Å²) in [5, 5.41) is 4.37. The normalized spacial score (nSPS) is 10.5. The molecule has 5 nitrogen and oxygen atoms in total. The second kappa shape index (κ2) is 5.16. The number of hydrogen-bond acceptors (Lipinski definition) is 4. The van der Waals surface area contributed by atoms with Gasteiger partial charge < -0.3 is 11.1 Å². The third-order valence-corrected chi connectivity index (χ3v) is 3.09. The van der Waals surface area contributed by atoms with Gasteiger partial charge in [0.2, 0.25) is 0 Å². The molecule has 0 aliphatic carbocycles. The molecule has 0 unspecified atom stereocenters. The Kier molecular flexibility index (Phi) is 3.19. The summed E-state index contributed by atoms with van der Waals surface area (Å²) in [6.07, 6.45) is 4.59. The maximum Gasteiger partial charge on any atom is 0.258 e. The quantitative estimate of drug-likeness (QED) is 0.757. The van der Waals surface area contributed by atoms with Crippen LogP contribution < -0.4 is 11.1 Å². The van der Waals surface area contributed by atoms with Crippen LogP contribution in [0.1, 0.15) is 10.4 Å². The van der Waals surface area contributed by atoms with E-state index in [2.05, 4.69) is 15.3 Å². The smallest absolute Gasteiger partial charge is 0.258 e. The number of nitrogens with one attached hydrogen (secondary N) is 1. The molecule has 1 aromatic carbocycles.